The molecule has 9 heteroatoms. The third-order valence-electron chi connectivity index (χ3n) is 5.48. The van der Waals surface area contributed by atoms with Crippen molar-refractivity contribution < 1.29 is 14.3 Å². The van der Waals surface area contributed by atoms with Crippen LogP contribution in [0.5, 0.6) is 5.88 Å². The van der Waals surface area contributed by atoms with Crippen molar-refractivity contribution in [3.63, 3.8) is 0 Å². The molecular weight excluding hydrogens is 398 g/mol. The second kappa shape index (κ2) is 8.35. The van der Waals surface area contributed by atoms with Crippen LogP contribution < -0.4 is 15.6 Å². The molecule has 0 spiro atoms. The van der Waals surface area contributed by atoms with Crippen LogP contribution in [0.4, 0.5) is 0 Å². The summed E-state index contributed by atoms with van der Waals surface area (Å²) in [5.74, 6) is 0.659. The average Bonchev–Trinajstić information content (AvgIpc) is 3.43. The Bertz CT molecular complexity index is 1150. The first-order valence-electron chi connectivity index (χ1n) is 10.1. The number of hydrogen-bond donors (Lipinski definition) is 2. The molecule has 0 aromatic carbocycles. The van der Waals surface area contributed by atoms with Gasteiger partial charge in [0.25, 0.3) is 11.5 Å². The lowest BCUT2D eigenvalue weighted by atomic mass is 10.1. The molecule has 1 aliphatic rings. The molecule has 0 radical (unpaired) electrons. The summed E-state index contributed by atoms with van der Waals surface area (Å²) < 4.78 is 11.7. The molecule has 1 amide bonds. The van der Waals surface area contributed by atoms with E-state index in [0.717, 1.165) is 25.0 Å². The molecule has 162 valence electrons. The van der Waals surface area contributed by atoms with Crippen LogP contribution in [-0.4, -0.2) is 52.0 Å². The van der Waals surface area contributed by atoms with E-state index < -0.39 is 0 Å². The molecule has 1 saturated carbocycles. The highest BCUT2D eigenvalue weighted by Gasteiger charge is 2.43. The number of carbonyl (C=O) groups is 1. The number of amides is 1. The molecule has 3 heterocycles. The van der Waals surface area contributed by atoms with E-state index in [1.165, 1.54) is 18.0 Å². The van der Waals surface area contributed by atoms with E-state index in [4.69, 9.17) is 9.47 Å². The van der Waals surface area contributed by atoms with Crippen molar-refractivity contribution in [2.75, 3.05) is 20.8 Å². The summed E-state index contributed by atoms with van der Waals surface area (Å²) in [5, 5.41) is 6.01. The van der Waals surface area contributed by atoms with Crippen LogP contribution in [-0.2, 0) is 4.74 Å². The zero-order chi connectivity index (χ0) is 22.0. The van der Waals surface area contributed by atoms with Crippen LogP contribution >= 0.6 is 0 Å². The minimum Gasteiger partial charge on any atom is -0.481 e. The molecule has 0 aliphatic heterocycles. The fourth-order valence-corrected chi connectivity index (χ4v) is 3.50. The SMILES string of the molecule is COCCC1(NC(=O)c2ccc(-n3[nH]cc(-c4cc(C)nc(OC)c4)c3=O)nc2)CC1. The average molecular weight is 423 g/mol. The predicted octanol–water partition coefficient (Wildman–Crippen LogP) is 2.24. The number of ether oxygens (including phenoxy) is 2. The third kappa shape index (κ3) is 4.36. The Morgan fingerprint density at radius 1 is 1.29 bits per heavy atom. The normalized spacial score (nSPS) is 14.3. The molecule has 1 fully saturated rings. The van der Waals surface area contributed by atoms with Gasteiger partial charge in [0.2, 0.25) is 5.88 Å². The molecule has 0 bridgehead atoms. The Balaban J connectivity index is 1.53. The second-order valence-electron chi connectivity index (χ2n) is 7.75. The van der Waals surface area contributed by atoms with Gasteiger partial charge in [-0.1, -0.05) is 0 Å². The molecule has 1 aliphatic carbocycles. The Labute approximate surface area is 179 Å². The maximum atomic E-state index is 12.9. The van der Waals surface area contributed by atoms with E-state index in [1.807, 2.05) is 13.0 Å². The lowest BCUT2D eigenvalue weighted by Crippen LogP contribution is -2.37. The highest BCUT2D eigenvalue weighted by molar-refractivity contribution is 5.94. The van der Waals surface area contributed by atoms with Gasteiger partial charge in [0, 0.05) is 43.4 Å². The number of H-pyrrole nitrogens is 1. The van der Waals surface area contributed by atoms with Gasteiger partial charge in [-0.2, -0.15) is 0 Å². The van der Waals surface area contributed by atoms with Crippen molar-refractivity contribution in [1.29, 1.82) is 0 Å². The van der Waals surface area contributed by atoms with E-state index in [9.17, 15) is 9.59 Å². The number of hydrogen-bond acceptors (Lipinski definition) is 6. The summed E-state index contributed by atoms with van der Waals surface area (Å²) in [6.07, 6.45) is 5.79. The van der Waals surface area contributed by atoms with Crippen LogP contribution in [0.25, 0.3) is 16.9 Å². The number of aromatic amines is 1. The molecule has 2 N–H and O–H groups in total. The number of nitrogens with zero attached hydrogens (tertiary/aromatic N) is 3. The van der Waals surface area contributed by atoms with Gasteiger partial charge in [-0.3, -0.25) is 14.7 Å². The summed E-state index contributed by atoms with van der Waals surface area (Å²) in [6, 6.07) is 6.83. The van der Waals surface area contributed by atoms with Crippen LogP contribution in [0.2, 0.25) is 0 Å². The number of aromatic nitrogens is 4. The quantitative estimate of drug-likeness (QED) is 0.575. The van der Waals surface area contributed by atoms with Crippen LogP contribution in [0, 0.1) is 6.92 Å². The molecule has 0 saturated heterocycles. The summed E-state index contributed by atoms with van der Waals surface area (Å²) in [4.78, 5) is 34.1. The zero-order valence-electron chi connectivity index (χ0n) is 17.8. The summed E-state index contributed by atoms with van der Waals surface area (Å²) in [7, 11) is 3.19. The topological polar surface area (TPSA) is 111 Å². The molecule has 0 unspecified atom stereocenters. The van der Waals surface area contributed by atoms with Crippen molar-refractivity contribution in [1.82, 2.24) is 25.1 Å². The van der Waals surface area contributed by atoms with Crippen molar-refractivity contribution >= 4 is 5.91 Å². The third-order valence-corrected chi connectivity index (χ3v) is 5.48. The molecular formula is C22H25N5O4. The van der Waals surface area contributed by atoms with Gasteiger partial charge in [-0.05, 0) is 49.9 Å². The highest BCUT2D eigenvalue weighted by atomic mass is 16.5. The van der Waals surface area contributed by atoms with Crippen molar-refractivity contribution in [2.24, 2.45) is 0 Å². The monoisotopic (exact) mass is 423 g/mol. The van der Waals surface area contributed by atoms with Crippen molar-refractivity contribution in [2.45, 2.75) is 31.7 Å². The second-order valence-corrected chi connectivity index (χ2v) is 7.75. The Morgan fingerprint density at radius 3 is 2.74 bits per heavy atom. The number of methoxy groups -OCH3 is 2. The Morgan fingerprint density at radius 2 is 2.10 bits per heavy atom. The first kappa shape index (κ1) is 20.8. The lowest BCUT2D eigenvalue weighted by molar-refractivity contribution is 0.0916. The van der Waals surface area contributed by atoms with Gasteiger partial charge >= 0.3 is 0 Å². The minimum atomic E-state index is -0.256. The van der Waals surface area contributed by atoms with Crippen LogP contribution in [0.1, 0.15) is 35.3 Å². The van der Waals surface area contributed by atoms with E-state index in [0.29, 0.717) is 35.0 Å². The summed E-state index contributed by atoms with van der Waals surface area (Å²) in [6.45, 7) is 2.45. The van der Waals surface area contributed by atoms with E-state index in [1.54, 1.807) is 31.5 Å². The largest absolute Gasteiger partial charge is 0.481 e. The maximum absolute atomic E-state index is 12.9. The first-order chi connectivity index (χ1) is 14.9. The smallest absolute Gasteiger partial charge is 0.280 e. The standard InChI is InChI=1S/C22H25N5O4/c1-14-10-16(11-19(25-14)31-3)17-13-24-27(21(17)29)18-5-4-15(12-23-18)20(28)26-22(6-7-22)8-9-30-2/h4-5,10-13,24H,6-9H2,1-3H3,(H,26,28). The molecule has 31 heavy (non-hydrogen) atoms. The molecule has 0 atom stereocenters. The van der Waals surface area contributed by atoms with Crippen LogP contribution in [0.3, 0.4) is 0 Å². The van der Waals surface area contributed by atoms with Crippen LogP contribution in [0.15, 0.2) is 41.5 Å². The highest BCUT2D eigenvalue weighted by Crippen LogP contribution is 2.38. The Kier molecular flexibility index (Phi) is 5.60. The van der Waals surface area contributed by atoms with Gasteiger partial charge in [-0.25, -0.2) is 14.6 Å². The van der Waals surface area contributed by atoms with Gasteiger partial charge in [-0.15, -0.1) is 0 Å². The van der Waals surface area contributed by atoms with E-state index in [2.05, 4.69) is 20.4 Å². The van der Waals surface area contributed by atoms with E-state index in [-0.39, 0.29) is 17.0 Å². The number of rotatable bonds is 8. The molecule has 3 aromatic rings. The number of pyridine rings is 2. The first-order valence-corrected chi connectivity index (χ1v) is 10.1. The predicted molar refractivity (Wildman–Crippen MR) is 115 cm³/mol. The maximum Gasteiger partial charge on any atom is 0.280 e. The van der Waals surface area contributed by atoms with Crippen molar-refractivity contribution in [3.8, 4) is 22.8 Å². The number of nitrogens with one attached hydrogen (secondary N) is 2. The minimum absolute atomic E-state index is 0.166. The van der Waals surface area contributed by atoms with Gasteiger partial charge in [0.05, 0.1) is 18.2 Å². The lowest BCUT2D eigenvalue weighted by Gasteiger charge is -2.16. The number of aryl methyl sites for hydroxylation is 1. The fourth-order valence-electron chi connectivity index (χ4n) is 3.50. The van der Waals surface area contributed by atoms with E-state index >= 15 is 0 Å². The summed E-state index contributed by atoms with van der Waals surface area (Å²) in [5.41, 5.74) is 1.94. The molecule has 3 aromatic heterocycles. The molecule has 4 rings (SSSR count). The van der Waals surface area contributed by atoms with Gasteiger partial charge in [0.15, 0.2) is 5.82 Å². The van der Waals surface area contributed by atoms with Gasteiger partial charge in [0.1, 0.15) is 0 Å². The number of carbonyl (C=O) groups excluding carboxylic acids is 1. The van der Waals surface area contributed by atoms with Gasteiger partial charge < -0.3 is 14.8 Å². The zero-order valence-corrected chi connectivity index (χ0v) is 17.8. The van der Waals surface area contributed by atoms with Crippen molar-refractivity contribution in [3.05, 3.63) is 58.3 Å². The Hall–Kier alpha value is -3.46. The summed E-state index contributed by atoms with van der Waals surface area (Å²) >= 11 is 0. The molecule has 9 nitrogen and oxygen atoms in total. The fraction of sp³-hybridized carbons (Fsp3) is 0.364.